The Morgan fingerprint density at radius 2 is 1.83 bits per heavy atom. The fourth-order valence-electron chi connectivity index (χ4n) is 1.86. The maximum absolute atomic E-state index is 13.4. The Labute approximate surface area is 134 Å². The molecule has 0 bridgehead atoms. The summed E-state index contributed by atoms with van der Waals surface area (Å²) >= 11 is 0. The van der Waals surface area contributed by atoms with Crippen molar-refractivity contribution in [1.29, 1.82) is 0 Å². The Kier molecular flexibility index (Phi) is 5.38. The topological polar surface area (TPSA) is 38.3 Å². The molecule has 128 valence electrons. The van der Waals surface area contributed by atoms with Gasteiger partial charge in [0, 0.05) is 6.07 Å². The highest BCUT2D eigenvalue weighted by Crippen LogP contribution is 2.31. The van der Waals surface area contributed by atoms with Crippen LogP contribution >= 0.6 is 0 Å². The van der Waals surface area contributed by atoms with Gasteiger partial charge in [0.15, 0.2) is 0 Å². The van der Waals surface area contributed by atoms with Crippen LogP contribution < -0.4 is 10.1 Å². The molecule has 2 aromatic rings. The second-order valence-electron chi connectivity index (χ2n) is 4.75. The maximum atomic E-state index is 13.4. The van der Waals surface area contributed by atoms with Crippen LogP contribution in [0.25, 0.3) is 0 Å². The molecule has 0 heterocycles. The van der Waals surface area contributed by atoms with Gasteiger partial charge < -0.3 is 10.1 Å². The number of carbonyl (C=O) groups is 1. The van der Waals surface area contributed by atoms with Crippen LogP contribution in [0, 0.1) is 11.6 Å². The lowest BCUT2D eigenvalue weighted by Crippen LogP contribution is -2.28. The molecule has 0 saturated carbocycles. The van der Waals surface area contributed by atoms with Crippen molar-refractivity contribution in [2.45, 2.75) is 6.18 Å². The lowest BCUT2D eigenvalue weighted by atomic mass is 10.2. The van der Waals surface area contributed by atoms with Crippen LogP contribution in [0.4, 0.5) is 22.0 Å². The first kappa shape index (κ1) is 17.7. The minimum absolute atomic E-state index is 0.00737. The number of ether oxygens (including phenoxy) is 1. The molecule has 2 rings (SSSR count). The first-order chi connectivity index (χ1) is 11.3. The monoisotopic (exact) mass is 345 g/mol. The highest BCUT2D eigenvalue weighted by molar-refractivity contribution is 5.94. The zero-order valence-electron chi connectivity index (χ0n) is 12.2. The summed E-state index contributed by atoms with van der Waals surface area (Å²) in [6, 6.07) is 6.80. The summed E-state index contributed by atoms with van der Waals surface area (Å²) in [5.41, 5.74) is -1.19. The molecule has 0 saturated heterocycles. The minimum atomic E-state index is -4.48. The van der Waals surface area contributed by atoms with E-state index in [1.165, 1.54) is 12.1 Å². The van der Waals surface area contributed by atoms with Crippen molar-refractivity contribution in [3.63, 3.8) is 0 Å². The third-order valence-electron chi connectivity index (χ3n) is 2.99. The summed E-state index contributed by atoms with van der Waals surface area (Å²) < 4.78 is 68.9. The van der Waals surface area contributed by atoms with Crippen LogP contribution in [0.3, 0.4) is 0 Å². The molecule has 0 spiro atoms. The fourth-order valence-corrected chi connectivity index (χ4v) is 1.86. The predicted octanol–water partition coefficient (Wildman–Crippen LogP) is 3.79. The Morgan fingerprint density at radius 1 is 1.08 bits per heavy atom. The van der Waals surface area contributed by atoms with Gasteiger partial charge in [0.2, 0.25) is 0 Å². The van der Waals surface area contributed by atoms with Gasteiger partial charge in [-0.3, -0.25) is 4.79 Å². The van der Waals surface area contributed by atoms with E-state index in [-0.39, 0.29) is 24.5 Å². The summed E-state index contributed by atoms with van der Waals surface area (Å²) in [4.78, 5) is 11.7. The Bertz CT molecular complexity index is 731. The number of nitrogens with one attached hydrogen (secondary N) is 1. The van der Waals surface area contributed by atoms with E-state index in [1.807, 2.05) is 0 Å². The van der Waals surface area contributed by atoms with Crippen LogP contribution in [0.2, 0.25) is 0 Å². The van der Waals surface area contributed by atoms with Gasteiger partial charge in [-0.05, 0) is 30.3 Å². The van der Waals surface area contributed by atoms with Crippen LogP contribution in [0.15, 0.2) is 42.5 Å². The second kappa shape index (κ2) is 7.29. The molecule has 1 N–H and O–H groups in total. The predicted molar refractivity (Wildman–Crippen MR) is 75.6 cm³/mol. The maximum Gasteiger partial charge on any atom is 0.416 e. The minimum Gasteiger partial charge on any atom is -0.492 e. The quantitative estimate of drug-likeness (QED) is 0.661. The van der Waals surface area contributed by atoms with E-state index in [1.54, 1.807) is 0 Å². The van der Waals surface area contributed by atoms with Crippen molar-refractivity contribution >= 4 is 5.91 Å². The third kappa shape index (κ3) is 4.68. The number of halogens is 5. The molecule has 0 fully saturated rings. The van der Waals surface area contributed by atoms with Gasteiger partial charge in [0.25, 0.3) is 5.91 Å². The number of amides is 1. The van der Waals surface area contributed by atoms with Crippen LogP contribution in [-0.2, 0) is 6.18 Å². The molecule has 0 atom stereocenters. The van der Waals surface area contributed by atoms with E-state index in [9.17, 15) is 26.7 Å². The van der Waals surface area contributed by atoms with E-state index >= 15 is 0 Å². The van der Waals surface area contributed by atoms with Crippen molar-refractivity contribution in [3.8, 4) is 5.75 Å². The average molecular weight is 345 g/mol. The van der Waals surface area contributed by atoms with Crippen molar-refractivity contribution in [2.75, 3.05) is 13.2 Å². The fraction of sp³-hybridized carbons (Fsp3) is 0.188. The van der Waals surface area contributed by atoms with E-state index in [0.717, 1.165) is 24.3 Å². The number of alkyl halides is 3. The summed E-state index contributed by atoms with van der Waals surface area (Å²) in [6.45, 7) is -0.179. The van der Waals surface area contributed by atoms with Crippen molar-refractivity contribution in [2.24, 2.45) is 0 Å². The van der Waals surface area contributed by atoms with Gasteiger partial charge in [-0.2, -0.15) is 13.2 Å². The summed E-state index contributed by atoms with van der Waals surface area (Å²) in [5.74, 6) is -2.60. The zero-order chi connectivity index (χ0) is 17.7. The van der Waals surface area contributed by atoms with Crippen molar-refractivity contribution in [3.05, 3.63) is 65.2 Å². The number of hydrogen-bond donors (Lipinski definition) is 1. The average Bonchev–Trinajstić information content (AvgIpc) is 2.51. The number of carbonyl (C=O) groups excluding carboxylic acids is 1. The molecule has 0 aliphatic heterocycles. The first-order valence-electron chi connectivity index (χ1n) is 6.80. The van der Waals surface area contributed by atoms with E-state index in [0.29, 0.717) is 6.07 Å². The normalized spacial score (nSPS) is 11.2. The summed E-state index contributed by atoms with van der Waals surface area (Å²) in [6.07, 6.45) is -4.48. The highest BCUT2D eigenvalue weighted by atomic mass is 19.4. The summed E-state index contributed by atoms with van der Waals surface area (Å²) in [5, 5.41) is 2.33. The zero-order valence-corrected chi connectivity index (χ0v) is 12.2. The first-order valence-corrected chi connectivity index (χ1v) is 6.80. The Balaban J connectivity index is 1.86. The van der Waals surface area contributed by atoms with Gasteiger partial charge in [-0.25, -0.2) is 8.78 Å². The Hall–Kier alpha value is -2.64. The molecular weight excluding hydrogens is 333 g/mol. The molecule has 24 heavy (non-hydrogen) atoms. The molecule has 1 amide bonds. The lowest BCUT2D eigenvalue weighted by Gasteiger charge is -2.11. The van der Waals surface area contributed by atoms with Crippen LogP contribution in [0.1, 0.15) is 15.9 Å². The van der Waals surface area contributed by atoms with Crippen LogP contribution in [-0.4, -0.2) is 19.1 Å². The third-order valence-corrected chi connectivity index (χ3v) is 2.99. The molecule has 0 aromatic heterocycles. The standard InChI is InChI=1S/C16H12F5NO2/c17-11-4-5-13(14(18)9-11)15(23)22-6-7-24-12-3-1-2-10(8-12)16(19,20)21/h1-5,8-9H,6-7H2,(H,22,23). The van der Waals surface area contributed by atoms with E-state index in [4.69, 9.17) is 4.74 Å². The van der Waals surface area contributed by atoms with Gasteiger partial charge in [0.05, 0.1) is 17.7 Å². The Morgan fingerprint density at radius 3 is 2.50 bits per heavy atom. The summed E-state index contributed by atoms with van der Waals surface area (Å²) in [7, 11) is 0. The number of rotatable bonds is 5. The SMILES string of the molecule is O=C(NCCOc1cccc(C(F)(F)F)c1)c1ccc(F)cc1F. The largest absolute Gasteiger partial charge is 0.492 e. The van der Waals surface area contributed by atoms with Crippen molar-refractivity contribution in [1.82, 2.24) is 5.32 Å². The molecule has 0 aliphatic rings. The van der Waals surface area contributed by atoms with Gasteiger partial charge in [-0.15, -0.1) is 0 Å². The smallest absolute Gasteiger partial charge is 0.416 e. The van der Waals surface area contributed by atoms with Crippen LogP contribution in [0.5, 0.6) is 5.75 Å². The van der Waals surface area contributed by atoms with Gasteiger partial charge in [0.1, 0.15) is 24.0 Å². The number of benzene rings is 2. The highest BCUT2D eigenvalue weighted by Gasteiger charge is 2.30. The van der Waals surface area contributed by atoms with Gasteiger partial charge >= 0.3 is 6.18 Å². The molecule has 3 nitrogen and oxygen atoms in total. The van der Waals surface area contributed by atoms with Gasteiger partial charge in [-0.1, -0.05) is 6.07 Å². The second-order valence-corrected chi connectivity index (χ2v) is 4.75. The number of hydrogen-bond acceptors (Lipinski definition) is 2. The lowest BCUT2D eigenvalue weighted by molar-refractivity contribution is -0.137. The van der Waals surface area contributed by atoms with E-state index < -0.39 is 29.3 Å². The molecule has 0 aliphatic carbocycles. The molecule has 0 radical (unpaired) electrons. The molecule has 0 unspecified atom stereocenters. The molecular formula is C16H12F5NO2. The van der Waals surface area contributed by atoms with E-state index in [2.05, 4.69) is 5.32 Å². The molecule has 8 heteroatoms. The molecule has 2 aromatic carbocycles. The van der Waals surface area contributed by atoms with Crippen molar-refractivity contribution < 1.29 is 31.5 Å².